The highest BCUT2D eigenvalue weighted by Gasteiger charge is 2.27. The number of amides is 2. The van der Waals surface area contributed by atoms with Crippen molar-refractivity contribution >= 4 is 11.8 Å². The maximum Gasteiger partial charge on any atom is 0.253 e. The summed E-state index contributed by atoms with van der Waals surface area (Å²) in [6.07, 6.45) is 5.81. The van der Waals surface area contributed by atoms with Crippen LogP contribution in [0.2, 0.25) is 0 Å². The SMILES string of the molecule is CC(C)CCCC(C)N1C(=O)C=CC1=O. The highest BCUT2D eigenvalue weighted by Crippen LogP contribution is 2.15. The molecule has 1 atom stereocenters. The second-order valence-electron chi connectivity index (χ2n) is 4.55. The Kier molecular flexibility index (Phi) is 4.06. The van der Waals surface area contributed by atoms with Crippen LogP contribution in [0.1, 0.15) is 40.0 Å². The van der Waals surface area contributed by atoms with Crippen molar-refractivity contribution in [2.24, 2.45) is 5.92 Å². The third-order valence-electron chi connectivity index (χ3n) is 2.69. The molecule has 3 heteroatoms. The lowest BCUT2D eigenvalue weighted by molar-refractivity contribution is -0.139. The van der Waals surface area contributed by atoms with Gasteiger partial charge in [-0.2, -0.15) is 0 Å². The van der Waals surface area contributed by atoms with Gasteiger partial charge in [-0.15, -0.1) is 0 Å². The van der Waals surface area contributed by atoms with E-state index < -0.39 is 0 Å². The molecule has 0 spiro atoms. The van der Waals surface area contributed by atoms with Gasteiger partial charge in [0.2, 0.25) is 0 Å². The molecular weight excluding hydrogens is 190 g/mol. The van der Waals surface area contributed by atoms with E-state index in [2.05, 4.69) is 13.8 Å². The molecule has 1 unspecified atom stereocenters. The summed E-state index contributed by atoms with van der Waals surface area (Å²) in [7, 11) is 0. The predicted molar refractivity (Wildman–Crippen MR) is 59.1 cm³/mol. The first-order valence-electron chi connectivity index (χ1n) is 5.57. The van der Waals surface area contributed by atoms with Crippen molar-refractivity contribution in [3.8, 4) is 0 Å². The molecular formula is C12H19NO2. The van der Waals surface area contributed by atoms with E-state index in [9.17, 15) is 9.59 Å². The molecule has 0 bridgehead atoms. The number of carbonyl (C=O) groups is 2. The molecule has 0 saturated heterocycles. The zero-order valence-electron chi connectivity index (χ0n) is 9.69. The van der Waals surface area contributed by atoms with Gasteiger partial charge in [-0.25, -0.2) is 0 Å². The number of hydrogen-bond donors (Lipinski definition) is 0. The van der Waals surface area contributed by atoms with Crippen molar-refractivity contribution in [3.05, 3.63) is 12.2 Å². The van der Waals surface area contributed by atoms with Crippen molar-refractivity contribution < 1.29 is 9.59 Å². The normalized spacial score (nSPS) is 18.0. The minimum Gasteiger partial charge on any atom is -0.273 e. The third kappa shape index (κ3) is 3.18. The van der Waals surface area contributed by atoms with Crippen LogP contribution in [0.3, 0.4) is 0 Å². The number of hydrogen-bond acceptors (Lipinski definition) is 2. The van der Waals surface area contributed by atoms with Gasteiger partial charge in [0.15, 0.2) is 0 Å². The lowest BCUT2D eigenvalue weighted by atomic mass is 10.0. The van der Waals surface area contributed by atoms with Gasteiger partial charge >= 0.3 is 0 Å². The monoisotopic (exact) mass is 209 g/mol. The molecule has 0 aromatic carbocycles. The summed E-state index contributed by atoms with van der Waals surface area (Å²) in [5.41, 5.74) is 0. The van der Waals surface area contributed by atoms with Crippen molar-refractivity contribution in [2.75, 3.05) is 0 Å². The van der Waals surface area contributed by atoms with Gasteiger partial charge in [0.25, 0.3) is 11.8 Å². The summed E-state index contributed by atoms with van der Waals surface area (Å²) in [6.45, 7) is 6.29. The van der Waals surface area contributed by atoms with Crippen molar-refractivity contribution in [1.29, 1.82) is 0 Å². The average molecular weight is 209 g/mol. The first-order valence-corrected chi connectivity index (χ1v) is 5.57. The van der Waals surface area contributed by atoms with Crippen LogP contribution in [0.5, 0.6) is 0 Å². The largest absolute Gasteiger partial charge is 0.273 e. The summed E-state index contributed by atoms with van der Waals surface area (Å²) < 4.78 is 0. The highest BCUT2D eigenvalue weighted by atomic mass is 16.2. The predicted octanol–water partition coefficient (Wildman–Crippen LogP) is 2.13. The molecule has 0 fully saturated rings. The molecule has 15 heavy (non-hydrogen) atoms. The first-order chi connectivity index (χ1) is 7.02. The smallest absolute Gasteiger partial charge is 0.253 e. The van der Waals surface area contributed by atoms with Gasteiger partial charge in [0.1, 0.15) is 0 Å². The Morgan fingerprint density at radius 3 is 2.07 bits per heavy atom. The lowest BCUT2D eigenvalue weighted by Gasteiger charge is -2.22. The number of nitrogens with zero attached hydrogens (tertiary/aromatic N) is 1. The van der Waals surface area contributed by atoms with Crippen LogP contribution in [-0.2, 0) is 9.59 Å². The zero-order valence-corrected chi connectivity index (χ0v) is 9.69. The van der Waals surface area contributed by atoms with Crippen LogP contribution in [-0.4, -0.2) is 22.8 Å². The molecule has 0 aliphatic carbocycles. The van der Waals surface area contributed by atoms with E-state index in [1.165, 1.54) is 17.1 Å². The van der Waals surface area contributed by atoms with Crippen LogP contribution in [0, 0.1) is 5.92 Å². The second kappa shape index (κ2) is 5.10. The Morgan fingerprint density at radius 1 is 1.07 bits per heavy atom. The Bertz CT molecular complexity index is 263. The molecule has 84 valence electrons. The summed E-state index contributed by atoms with van der Waals surface area (Å²) >= 11 is 0. The number of rotatable bonds is 5. The van der Waals surface area contributed by atoms with Crippen LogP contribution >= 0.6 is 0 Å². The molecule has 3 nitrogen and oxygen atoms in total. The molecule has 0 N–H and O–H groups in total. The molecule has 1 aliphatic heterocycles. The molecule has 1 heterocycles. The average Bonchev–Trinajstić information content (AvgIpc) is 2.45. The number of carbonyl (C=O) groups excluding carboxylic acids is 2. The van der Waals surface area contributed by atoms with Crippen LogP contribution < -0.4 is 0 Å². The maximum absolute atomic E-state index is 11.3. The summed E-state index contributed by atoms with van der Waals surface area (Å²) in [6, 6.07) is 0.0266. The fraction of sp³-hybridized carbons (Fsp3) is 0.667. The Morgan fingerprint density at radius 2 is 1.60 bits per heavy atom. The van der Waals surface area contributed by atoms with Gasteiger partial charge in [0, 0.05) is 18.2 Å². The van der Waals surface area contributed by atoms with Gasteiger partial charge in [0.05, 0.1) is 0 Å². The van der Waals surface area contributed by atoms with Gasteiger partial charge in [-0.05, 0) is 19.3 Å². The Balaban J connectivity index is 2.37. The molecule has 0 aromatic heterocycles. The van der Waals surface area contributed by atoms with E-state index in [0.717, 1.165) is 19.3 Å². The maximum atomic E-state index is 11.3. The van der Waals surface area contributed by atoms with Crippen LogP contribution in [0.15, 0.2) is 12.2 Å². The van der Waals surface area contributed by atoms with E-state index >= 15 is 0 Å². The fourth-order valence-corrected chi connectivity index (χ4v) is 1.80. The zero-order chi connectivity index (χ0) is 11.4. The molecule has 1 rings (SSSR count). The summed E-state index contributed by atoms with van der Waals surface area (Å²) in [5, 5.41) is 0. The summed E-state index contributed by atoms with van der Waals surface area (Å²) in [5.74, 6) is 0.342. The Labute approximate surface area is 91.1 Å². The first kappa shape index (κ1) is 12.0. The molecule has 0 aromatic rings. The standard InChI is InChI=1S/C12H19NO2/c1-9(2)5-4-6-10(3)13-11(14)7-8-12(13)15/h7-10H,4-6H2,1-3H3. The third-order valence-corrected chi connectivity index (χ3v) is 2.69. The van der Waals surface area contributed by atoms with Crippen LogP contribution in [0.4, 0.5) is 0 Å². The van der Waals surface area contributed by atoms with E-state index in [0.29, 0.717) is 5.92 Å². The topological polar surface area (TPSA) is 37.4 Å². The fourth-order valence-electron chi connectivity index (χ4n) is 1.80. The van der Waals surface area contributed by atoms with Gasteiger partial charge in [-0.3, -0.25) is 14.5 Å². The van der Waals surface area contributed by atoms with Crippen molar-refractivity contribution in [2.45, 2.75) is 46.1 Å². The van der Waals surface area contributed by atoms with Crippen molar-refractivity contribution in [3.63, 3.8) is 0 Å². The lowest BCUT2D eigenvalue weighted by Crippen LogP contribution is -2.38. The van der Waals surface area contributed by atoms with Crippen molar-refractivity contribution in [1.82, 2.24) is 4.90 Å². The van der Waals surface area contributed by atoms with E-state index in [1.807, 2.05) is 6.92 Å². The summed E-state index contributed by atoms with van der Waals surface area (Å²) in [4.78, 5) is 24.0. The molecule has 2 amide bonds. The quantitative estimate of drug-likeness (QED) is 0.650. The molecule has 1 aliphatic rings. The minimum atomic E-state index is -0.169. The minimum absolute atomic E-state index is 0.0266. The van der Waals surface area contributed by atoms with Gasteiger partial charge in [-0.1, -0.05) is 26.7 Å². The molecule has 0 saturated carbocycles. The molecule has 0 radical (unpaired) electrons. The second-order valence-corrected chi connectivity index (χ2v) is 4.55. The van der Waals surface area contributed by atoms with Gasteiger partial charge < -0.3 is 0 Å². The van der Waals surface area contributed by atoms with E-state index in [-0.39, 0.29) is 17.9 Å². The highest BCUT2D eigenvalue weighted by molar-refractivity contribution is 6.13. The Hall–Kier alpha value is -1.12. The number of imide groups is 1. The van der Waals surface area contributed by atoms with E-state index in [4.69, 9.17) is 0 Å². The van der Waals surface area contributed by atoms with E-state index in [1.54, 1.807) is 0 Å². The van der Waals surface area contributed by atoms with Crippen LogP contribution in [0.25, 0.3) is 0 Å².